The molecule has 0 saturated carbocycles. The molecule has 0 aliphatic rings. The summed E-state index contributed by atoms with van der Waals surface area (Å²) in [5.41, 5.74) is 4.30. The minimum absolute atomic E-state index is 0.0966. The van der Waals surface area contributed by atoms with E-state index in [0.29, 0.717) is 6.54 Å². The molecule has 4 aromatic carbocycles. The second-order valence-corrected chi connectivity index (χ2v) is 7.87. The summed E-state index contributed by atoms with van der Waals surface area (Å²) >= 11 is 0. The molecule has 1 heterocycles. The van der Waals surface area contributed by atoms with Crippen LogP contribution in [0.5, 0.6) is 5.75 Å². The van der Waals surface area contributed by atoms with Gasteiger partial charge in [-0.3, -0.25) is 0 Å². The molecule has 0 bridgehead atoms. The Morgan fingerprint density at radius 3 is 2.45 bits per heavy atom. The van der Waals surface area contributed by atoms with E-state index >= 15 is 0 Å². The SMILES string of the molecule is COc1ccc2cc(C(C)c3nc4ccccc4n3Cc3ccc(F)cc3)ccc2c1. The lowest BCUT2D eigenvalue weighted by Gasteiger charge is -2.16. The zero-order chi connectivity index (χ0) is 21.4. The summed E-state index contributed by atoms with van der Waals surface area (Å²) in [6.07, 6.45) is 0. The maximum absolute atomic E-state index is 13.4. The Balaban J connectivity index is 1.58. The Morgan fingerprint density at radius 2 is 1.65 bits per heavy atom. The molecule has 0 aliphatic heterocycles. The number of hydrogen-bond donors (Lipinski definition) is 0. The molecule has 1 atom stereocenters. The van der Waals surface area contributed by atoms with Gasteiger partial charge in [0.05, 0.1) is 18.1 Å². The highest BCUT2D eigenvalue weighted by Gasteiger charge is 2.19. The van der Waals surface area contributed by atoms with E-state index in [1.54, 1.807) is 7.11 Å². The average molecular weight is 410 g/mol. The summed E-state index contributed by atoms with van der Waals surface area (Å²) < 4.78 is 21.0. The number of benzene rings is 4. The summed E-state index contributed by atoms with van der Waals surface area (Å²) in [6.45, 7) is 2.83. The standard InChI is InChI=1S/C27H23FN2O/c1-18(20-9-10-22-16-24(31-2)14-11-21(22)15-20)27-29-25-5-3-4-6-26(25)30(27)17-19-7-12-23(28)13-8-19/h3-16,18H,17H2,1-2H3. The highest BCUT2D eigenvalue weighted by molar-refractivity contribution is 5.85. The van der Waals surface area contributed by atoms with Gasteiger partial charge in [-0.15, -0.1) is 0 Å². The van der Waals surface area contributed by atoms with E-state index in [9.17, 15) is 4.39 Å². The molecular weight excluding hydrogens is 387 g/mol. The van der Waals surface area contributed by atoms with Crippen LogP contribution in [-0.2, 0) is 6.54 Å². The molecule has 5 aromatic rings. The first-order valence-electron chi connectivity index (χ1n) is 10.4. The number of fused-ring (bicyclic) bond motifs is 2. The predicted octanol–water partition coefficient (Wildman–Crippen LogP) is 6.54. The Bertz CT molecular complexity index is 1370. The van der Waals surface area contributed by atoms with Crippen molar-refractivity contribution in [3.63, 3.8) is 0 Å². The highest BCUT2D eigenvalue weighted by Crippen LogP contribution is 2.31. The van der Waals surface area contributed by atoms with Crippen molar-refractivity contribution in [3.8, 4) is 5.75 Å². The van der Waals surface area contributed by atoms with Crippen molar-refractivity contribution in [2.75, 3.05) is 7.11 Å². The van der Waals surface area contributed by atoms with Crippen molar-refractivity contribution in [1.29, 1.82) is 0 Å². The molecule has 1 unspecified atom stereocenters. The van der Waals surface area contributed by atoms with E-state index < -0.39 is 0 Å². The number of ether oxygens (including phenoxy) is 1. The first-order chi connectivity index (χ1) is 15.1. The van der Waals surface area contributed by atoms with Crippen LogP contribution in [-0.4, -0.2) is 16.7 Å². The lowest BCUT2D eigenvalue weighted by Crippen LogP contribution is -2.09. The molecule has 0 N–H and O–H groups in total. The number of methoxy groups -OCH3 is 1. The van der Waals surface area contributed by atoms with Crippen LogP contribution in [0.2, 0.25) is 0 Å². The monoisotopic (exact) mass is 410 g/mol. The zero-order valence-corrected chi connectivity index (χ0v) is 17.5. The van der Waals surface area contributed by atoms with Crippen molar-refractivity contribution in [1.82, 2.24) is 9.55 Å². The van der Waals surface area contributed by atoms with E-state index in [1.165, 1.54) is 23.1 Å². The van der Waals surface area contributed by atoms with Crippen LogP contribution in [0.4, 0.5) is 4.39 Å². The van der Waals surface area contributed by atoms with Crippen LogP contribution in [0.1, 0.15) is 29.8 Å². The van der Waals surface area contributed by atoms with Gasteiger partial charge in [-0.25, -0.2) is 9.37 Å². The number of nitrogens with zero attached hydrogens (tertiary/aromatic N) is 2. The third-order valence-electron chi connectivity index (χ3n) is 5.90. The van der Waals surface area contributed by atoms with Gasteiger partial charge in [-0.1, -0.05) is 55.5 Å². The molecule has 0 radical (unpaired) electrons. The van der Waals surface area contributed by atoms with Crippen LogP contribution >= 0.6 is 0 Å². The second-order valence-electron chi connectivity index (χ2n) is 7.87. The van der Waals surface area contributed by atoms with Gasteiger partial charge in [0, 0.05) is 12.5 Å². The molecule has 0 amide bonds. The molecule has 0 aliphatic carbocycles. The van der Waals surface area contributed by atoms with Gasteiger partial charge < -0.3 is 9.30 Å². The number of halogens is 1. The van der Waals surface area contributed by atoms with Gasteiger partial charge in [0.2, 0.25) is 0 Å². The Labute approximate surface area is 180 Å². The smallest absolute Gasteiger partial charge is 0.123 e. The molecule has 4 heteroatoms. The highest BCUT2D eigenvalue weighted by atomic mass is 19.1. The zero-order valence-electron chi connectivity index (χ0n) is 17.5. The number of para-hydroxylation sites is 2. The van der Waals surface area contributed by atoms with Crippen LogP contribution in [0.3, 0.4) is 0 Å². The summed E-state index contributed by atoms with van der Waals surface area (Å²) in [5, 5.41) is 2.32. The fourth-order valence-corrected chi connectivity index (χ4v) is 4.15. The quantitative estimate of drug-likeness (QED) is 0.329. The normalized spacial score (nSPS) is 12.4. The summed E-state index contributed by atoms with van der Waals surface area (Å²) in [7, 11) is 1.68. The van der Waals surface area contributed by atoms with Crippen molar-refractivity contribution < 1.29 is 9.13 Å². The van der Waals surface area contributed by atoms with Crippen molar-refractivity contribution >= 4 is 21.8 Å². The van der Waals surface area contributed by atoms with E-state index in [1.807, 2.05) is 42.5 Å². The van der Waals surface area contributed by atoms with Gasteiger partial charge in [-0.2, -0.15) is 0 Å². The first kappa shape index (κ1) is 19.3. The number of aromatic nitrogens is 2. The van der Waals surface area contributed by atoms with Gasteiger partial charge >= 0.3 is 0 Å². The number of rotatable bonds is 5. The number of hydrogen-bond acceptors (Lipinski definition) is 2. The molecule has 31 heavy (non-hydrogen) atoms. The van der Waals surface area contributed by atoms with Gasteiger partial charge in [0.1, 0.15) is 17.4 Å². The summed E-state index contributed by atoms with van der Waals surface area (Å²) in [5.74, 6) is 1.73. The maximum atomic E-state index is 13.4. The third-order valence-corrected chi connectivity index (χ3v) is 5.90. The average Bonchev–Trinajstić information content (AvgIpc) is 3.17. The Morgan fingerprint density at radius 1 is 0.903 bits per heavy atom. The summed E-state index contributed by atoms with van der Waals surface area (Å²) in [4.78, 5) is 4.98. The maximum Gasteiger partial charge on any atom is 0.123 e. The van der Waals surface area contributed by atoms with Gasteiger partial charge in [-0.05, 0) is 58.3 Å². The van der Waals surface area contributed by atoms with E-state index in [4.69, 9.17) is 9.72 Å². The molecule has 1 aromatic heterocycles. The Hall–Kier alpha value is -3.66. The first-order valence-corrected chi connectivity index (χ1v) is 10.4. The molecule has 0 saturated heterocycles. The van der Waals surface area contributed by atoms with Crippen molar-refractivity contribution in [2.45, 2.75) is 19.4 Å². The van der Waals surface area contributed by atoms with Gasteiger partial charge in [0.25, 0.3) is 0 Å². The van der Waals surface area contributed by atoms with Crippen molar-refractivity contribution in [3.05, 3.63) is 108 Å². The molecule has 0 fully saturated rings. The fourth-order valence-electron chi connectivity index (χ4n) is 4.15. The fraction of sp³-hybridized carbons (Fsp3) is 0.148. The van der Waals surface area contributed by atoms with E-state index in [-0.39, 0.29) is 11.7 Å². The molecular formula is C27H23FN2O. The Kier molecular flexibility index (Phi) is 4.91. The van der Waals surface area contributed by atoms with Crippen LogP contribution in [0.15, 0.2) is 84.9 Å². The predicted molar refractivity (Wildman–Crippen MR) is 123 cm³/mol. The molecule has 5 rings (SSSR count). The van der Waals surface area contributed by atoms with E-state index in [0.717, 1.165) is 33.6 Å². The third kappa shape index (κ3) is 3.66. The topological polar surface area (TPSA) is 27.1 Å². The second kappa shape index (κ2) is 7.88. The molecule has 0 spiro atoms. The minimum atomic E-state index is -0.222. The van der Waals surface area contributed by atoms with E-state index in [2.05, 4.69) is 41.8 Å². The lowest BCUT2D eigenvalue weighted by molar-refractivity contribution is 0.415. The molecule has 3 nitrogen and oxygen atoms in total. The minimum Gasteiger partial charge on any atom is -0.497 e. The number of imidazole rings is 1. The van der Waals surface area contributed by atoms with Crippen LogP contribution in [0.25, 0.3) is 21.8 Å². The summed E-state index contributed by atoms with van der Waals surface area (Å²) in [6, 6.07) is 27.5. The van der Waals surface area contributed by atoms with Gasteiger partial charge in [0.15, 0.2) is 0 Å². The van der Waals surface area contributed by atoms with Crippen LogP contribution < -0.4 is 4.74 Å². The largest absolute Gasteiger partial charge is 0.497 e. The van der Waals surface area contributed by atoms with Crippen LogP contribution in [0, 0.1) is 5.82 Å². The lowest BCUT2D eigenvalue weighted by atomic mass is 9.97. The van der Waals surface area contributed by atoms with Crippen molar-refractivity contribution in [2.24, 2.45) is 0 Å². The molecule has 154 valence electrons.